The number of rotatable bonds is 3. The number of hydrogen-bond acceptors (Lipinski definition) is 5. The average Bonchev–Trinajstić information content (AvgIpc) is 2.56. The molecule has 1 amide bonds. The van der Waals surface area contributed by atoms with E-state index in [9.17, 15) is 18.3 Å². The van der Waals surface area contributed by atoms with E-state index in [0.29, 0.717) is 22.0 Å². The zero-order valence-electron chi connectivity index (χ0n) is 12.8. The van der Waals surface area contributed by atoms with E-state index < -0.39 is 16.0 Å². The summed E-state index contributed by atoms with van der Waals surface area (Å²) in [5.74, 6) is -0.659. The number of amides is 1. The molecule has 0 aromatic heterocycles. The molecule has 0 spiro atoms. The van der Waals surface area contributed by atoms with Crippen molar-refractivity contribution < 1.29 is 22.9 Å². The van der Waals surface area contributed by atoms with Crippen LogP contribution in [0.25, 0.3) is 10.8 Å². The fourth-order valence-electron chi connectivity index (χ4n) is 2.43. The van der Waals surface area contributed by atoms with E-state index in [1.165, 1.54) is 36.4 Å². The zero-order valence-corrected chi connectivity index (χ0v) is 13.6. The standard InChI is InChI=1S/C17H14N2O5S/c18-12-3-1-2-11(8-12)17(21)19-15-7-4-10-9-13(25(22,23)24)5-6-14(10)16(15)20/h1-9,20H,18H2,(H,19,21)(H,22,23,24). The molecule has 0 radical (unpaired) electrons. The predicted molar refractivity (Wildman–Crippen MR) is 94.2 cm³/mol. The molecule has 0 bridgehead atoms. The number of phenols is 1. The Morgan fingerprint density at radius 1 is 1.04 bits per heavy atom. The summed E-state index contributed by atoms with van der Waals surface area (Å²) in [6.45, 7) is 0. The van der Waals surface area contributed by atoms with E-state index in [1.54, 1.807) is 18.2 Å². The fraction of sp³-hybridized carbons (Fsp3) is 0. The summed E-state index contributed by atoms with van der Waals surface area (Å²) in [5.41, 5.74) is 6.58. The van der Waals surface area contributed by atoms with Crippen molar-refractivity contribution in [3.05, 3.63) is 60.2 Å². The number of nitrogens with two attached hydrogens (primary N) is 1. The highest BCUT2D eigenvalue weighted by atomic mass is 32.2. The van der Waals surface area contributed by atoms with Crippen molar-refractivity contribution in [3.63, 3.8) is 0 Å². The first kappa shape index (κ1) is 16.7. The van der Waals surface area contributed by atoms with Crippen molar-refractivity contribution in [2.45, 2.75) is 4.90 Å². The molecule has 0 atom stereocenters. The summed E-state index contributed by atoms with van der Waals surface area (Å²) in [5, 5.41) is 13.6. The SMILES string of the molecule is Nc1cccc(C(=O)Nc2ccc3cc(S(=O)(=O)O)ccc3c2O)c1. The van der Waals surface area contributed by atoms with Crippen LogP contribution in [0.3, 0.4) is 0 Å². The molecule has 25 heavy (non-hydrogen) atoms. The van der Waals surface area contributed by atoms with Crippen LogP contribution in [-0.2, 0) is 10.1 Å². The van der Waals surface area contributed by atoms with Gasteiger partial charge in [0.1, 0.15) is 5.75 Å². The molecule has 3 aromatic carbocycles. The molecule has 0 unspecified atom stereocenters. The Bertz CT molecular complexity index is 1090. The maximum Gasteiger partial charge on any atom is 0.294 e. The largest absolute Gasteiger partial charge is 0.505 e. The second-order valence-corrected chi connectivity index (χ2v) is 6.82. The first-order valence-corrected chi connectivity index (χ1v) is 8.60. The molecule has 0 aliphatic heterocycles. The minimum absolute atomic E-state index is 0.166. The van der Waals surface area contributed by atoms with Crippen molar-refractivity contribution >= 4 is 38.2 Å². The summed E-state index contributed by atoms with van der Waals surface area (Å²) < 4.78 is 31.5. The third-order valence-electron chi connectivity index (χ3n) is 3.66. The number of anilines is 2. The molecule has 128 valence electrons. The van der Waals surface area contributed by atoms with Gasteiger partial charge >= 0.3 is 0 Å². The van der Waals surface area contributed by atoms with Crippen LogP contribution in [0.5, 0.6) is 5.75 Å². The Morgan fingerprint density at radius 2 is 1.80 bits per heavy atom. The van der Waals surface area contributed by atoms with Gasteiger partial charge in [-0.25, -0.2) is 0 Å². The highest BCUT2D eigenvalue weighted by molar-refractivity contribution is 7.85. The molecule has 0 saturated carbocycles. The van der Waals surface area contributed by atoms with Gasteiger partial charge in [0.2, 0.25) is 0 Å². The number of phenolic OH excluding ortho intramolecular Hbond substituents is 1. The van der Waals surface area contributed by atoms with Gasteiger partial charge in [0, 0.05) is 16.6 Å². The maximum absolute atomic E-state index is 12.3. The number of aromatic hydroxyl groups is 1. The van der Waals surface area contributed by atoms with E-state index in [1.807, 2.05) is 0 Å². The van der Waals surface area contributed by atoms with Crippen LogP contribution >= 0.6 is 0 Å². The van der Waals surface area contributed by atoms with Crippen LogP contribution in [0.15, 0.2) is 59.5 Å². The lowest BCUT2D eigenvalue weighted by Crippen LogP contribution is -2.12. The van der Waals surface area contributed by atoms with Gasteiger partial charge in [-0.1, -0.05) is 12.1 Å². The highest BCUT2D eigenvalue weighted by Gasteiger charge is 2.14. The Kier molecular flexibility index (Phi) is 4.07. The Morgan fingerprint density at radius 3 is 2.48 bits per heavy atom. The van der Waals surface area contributed by atoms with E-state index in [2.05, 4.69) is 5.32 Å². The topological polar surface area (TPSA) is 130 Å². The summed E-state index contributed by atoms with van der Waals surface area (Å²) >= 11 is 0. The molecule has 3 aromatic rings. The molecule has 5 N–H and O–H groups in total. The van der Waals surface area contributed by atoms with Crippen molar-refractivity contribution in [2.24, 2.45) is 0 Å². The van der Waals surface area contributed by atoms with Crippen LogP contribution < -0.4 is 11.1 Å². The number of carbonyl (C=O) groups is 1. The Balaban J connectivity index is 1.98. The molecule has 0 aliphatic rings. The molecular weight excluding hydrogens is 344 g/mol. The monoisotopic (exact) mass is 358 g/mol. The van der Waals surface area contributed by atoms with E-state index in [-0.39, 0.29) is 16.3 Å². The van der Waals surface area contributed by atoms with Gasteiger partial charge in [-0.2, -0.15) is 8.42 Å². The number of nitrogen functional groups attached to an aromatic ring is 1. The van der Waals surface area contributed by atoms with Crippen molar-refractivity contribution in [3.8, 4) is 5.75 Å². The quantitative estimate of drug-likeness (QED) is 0.323. The van der Waals surface area contributed by atoms with Gasteiger partial charge in [-0.05, 0) is 47.9 Å². The van der Waals surface area contributed by atoms with Gasteiger partial charge in [0.05, 0.1) is 10.6 Å². The minimum Gasteiger partial charge on any atom is -0.505 e. The highest BCUT2D eigenvalue weighted by Crippen LogP contribution is 2.34. The molecule has 0 heterocycles. The number of nitrogens with one attached hydrogen (secondary N) is 1. The van der Waals surface area contributed by atoms with Crippen LogP contribution in [0.2, 0.25) is 0 Å². The van der Waals surface area contributed by atoms with Crippen LogP contribution in [0.4, 0.5) is 11.4 Å². The van der Waals surface area contributed by atoms with Gasteiger partial charge in [-0.15, -0.1) is 0 Å². The van der Waals surface area contributed by atoms with Crippen LogP contribution in [-0.4, -0.2) is 24.0 Å². The summed E-state index contributed by atoms with van der Waals surface area (Å²) in [7, 11) is -4.34. The number of benzene rings is 3. The lowest BCUT2D eigenvalue weighted by molar-refractivity contribution is 0.102. The van der Waals surface area contributed by atoms with Crippen molar-refractivity contribution in [2.75, 3.05) is 11.1 Å². The second-order valence-electron chi connectivity index (χ2n) is 5.40. The molecule has 0 aliphatic carbocycles. The third-order valence-corrected chi connectivity index (χ3v) is 4.51. The normalized spacial score (nSPS) is 11.4. The number of fused-ring (bicyclic) bond motifs is 1. The molecular formula is C17H14N2O5S. The second kappa shape index (κ2) is 6.08. The molecule has 7 nitrogen and oxygen atoms in total. The van der Waals surface area contributed by atoms with E-state index in [0.717, 1.165) is 0 Å². The smallest absolute Gasteiger partial charge is 0.294 e. The van der Waals surface area contributed by atoms with E-state index >= 15 is 0 Å². The predicted octanol–water partition coefficient (Wildman–Crippen LogP) is 2.63. The first-order valence-electron chi connectivity index (χ1n) is 7.16. The molecule has 0 fully saturated rings. The van der Waals surface area contributed by atoms with Gasteiger partial charge < -0.3 is 16.2 Å². The lowest BCUT2D eigenvalue weighted by Gasteiger charge is -2.11. The third kappa shape index (κ3) is 3.39. The lowest BCUT2D eigenvalue weighted by atomic mass is 10.1. The van der Waals surface area contributed by atoms with Crippen LogP contribution in [0.1, 0.15) is 10.4 Å². The van der Waals surface area contributed by atoms with Crippen molar-refractivity contribution in [1.82, 2.24) is 0 Å². The summed E-state index contributed by atoms with van der Waals surface area (Å²) in [6, 6.07) is 13.1. The maximum atomic E-state index is 12.3. The van der Waals surface area contributed by atoms with Gasteiger partial charge in [0.25, 0.3) is 16.0 Å². The number of hydrogen-bond donors (Lipinski definition) is 4. The molecule has 0 saturated heterocycles. The Hall–Kier alpha value is -3.10. The summed E-state index contributed by atoms with van der Waals surface area (Å²) in [4.78, 5) is 12.0. The zero-order chi connectivity index (χ0) is 18.2. The number of carbonyl (C=O) groups excluding carboxylic acids is 1. The summed E-state index contributed by atoms with van der Waals surface area (Å²) in [6.07, 6.45) is 0. The first-order chi connectivity index (χ1) is 11.8. The van der Waals surface area contributed by atoms with Crippen molar-refractivity contribution in [1.29, 1.82) is 0 Å². The minimum atomic E-state index is -4.34. The van der Waals surface area contributed by atoms with E-state index in [4.69, 9.17) is 10.3 Å². The average molecular weight is 358 g/mol. The fourth-order valence-corrected chi connectivity index (χ4v) is 2.94. The Labute approximate surface area is 143 Å². The van der Waals surface area contributed by atoms with Gasteiger partial charge in [0.15, 0.2) is 0 Å². The van der Waals surface area contributed by atoms with Crippen LogP contribution in [0, 0.1) is 0 Å². The molecule has 3 rings (SSSR count). The van der Waals surface area contributed by atoms with Gasteiger partial charge in [-0.3, -0.25) is 9.35 Å². The molecule has 8 heteroatoms.